The van der Waals surface area contributed by atoms with Crippen LogP contribution in [0.4, 0.5) is 0 Å². The Balaban J connectivity index is 1.89. The number of pyridine rings is 1. The summed E-state index contributed by atoms with van der Waals surface area (Å²) in [5, 5.41) is 9.57. The molecule has 0 aromatic carbocycles. The van der Waals surface area contributed by atoms with Crippen molar-refractivity contribution in [2.75, 3.05) is 0 Å². The molecule has 1 aromatic heterocycles. The van der Waals surface area contributed by atoms with Crippen LogP contribution in [-0.4, -0.2) is 33.0 Å². The maximum Gasteiger partial charge on any atom is 0.320 e. The van der Waals surface area contributed by atoms with Gasteiger partial charge in [-0.1, -0.05) is 12.8 Å². The Kier molecular flexibility index (Phi) is 3.74. The van der Waals surface area contributed by atoms with Crippen LogP contribution >= 0.6 is 0 Å². The summed E-state index contributed by atoms with van der Waals surface area (Å²) in [4.78, 5) is 17.9. The first-order valence-corrected chi connectivity index (χ1v) is 7.58. The molecule has 4 nitrogen and oxygen atoms in total. The van der Waals surface area contributed by atoms with Gasteiger partial charge in [0.15, 0.2) is 0 Å². The molecule has 1 aliphatic carbocycles. The van der Waals surface area contributed by atoms with Gasteiger partial charge in [0.1, 0.15) is 6.04 Å². The Bertz CT molecular complexity index is 477. The minimum atomic E-state index is -0.666. The number of rotatable bonds is 3. The van der Waals surface area contributed by atoms with Crippen LogP contribution in [0.5, 0.6) is 0 Å². The summed E-state index contributed by atoms with van der Waals surface area (Å²) in [5.41, 5.74) is 1.16. The first kappa shape index (κ1) is 13.6. The van der Waals surface area contributed by atoms with E-state index in [0.29, 0.717) is 12.0 Å². The second kappa shape index (κ2) is 5.52. The number of fused-ring (bicyclic) bond motifs is 1. The summed E-state index contributed by atoms with van der Waals surface area (Å²) in [6.45, 7) is 2.13. The molecule has 1 saturated carbocycles. The molecule has 1 N–H and O–H groups in total. The topological polar surface area (TPSA) is 53.4 Å². The highest BCUT2D eigenvalue weighted by Gasteiger charge is 2.47. The summed E-state index contributed by atoms with van der Waals surface area (Å²) in [7, 11) is 0. The average molecular weight is 274 g/mol. The lowest BCUT2D eigenvalue weighted by atomic mass is 9.84. The number of carboxylic acids is 1. The molecule has 4 heteroatoms. The molecule has 0 bridgehead atoms. The van der Waals surface area contributed by atoms with Crippen LogP contribution in [0.2, 0.25) is 0 Å². The molecule has 2 heterocycles. The van der Waals surface area contributed by atoms with Crippen molar-refractivity contribution >= 4 is 5.97 Å². The molecule has 1 aliphatic heterocycles. The van der Waals surface area contributed by atoms with E-state index in [-0.39, 0.29) is 12.1 Å². The minimum absolute atomic E-state index is 0.146. The molecule has 0 amide bonds. The van der Waals surface area contributed by atoms with Gasteiger partial charge in [-0.2, -0.15) is 0 Å². The first-order chi connectivity index (χ1) is 9.68. The highest BCUT2D eigenvalue weighted by molar-refractivity contribution is 5.74. The van der Waals surface area contributed by atoms with E-state index >= 15 is 0 Å². The fourth-order valence-corrected chi connectivity index (χ4v) is 4.09. The van der Waals surface area contributed by atoms with E-state index < -0.39 is 5.97 Å². The van der Waals surface area contributed by atoms with Gasteiger partial charge in [-0.3, -0.25) is 14.7 Å². The van der Waals surface area contributed by atoms with Gasteiger partial charge in [0.25, 0.3) is 0 Å². The second-order valence-corrected chi connectivity index (χ2v) is 6.11. The summed E-state index contributed by atoms with van der Waals surface area (Å²) in [5.74, 6) is -0.102. The Morgan fingerprint density at radius 2 is 2.05 bits per heavy atom. The molecular weight excluding hydrogens is 252 g/mol. The van der Waals surface area contributed by atoms with Gasteiger partial charge in [0.2, 0.25) is 0 Å². The van der Waals surface area contributed by atoms with E-state index in [1.165, 1.54) is 19.3 Å². The van der Waals surface area contributed by atoms with Gasteiger partial charge in [-0.25, -0.2) is 0 Å². The lowest BCUT2D eigenvalue weighted by Gasteiger charge is -2.37. The number of hydrogen-bond donors (Lipinski definition) is 1. The highest BCUT2D eigenvalue weighted by Crippen LogP contribution is 2.43. The molecule has 3 rings (SSSR count). The Hall–Kier alpha value is -1.42. The fraction of sp³-hybridized carbons (Fsp3) is 0.625. The molecule has 4 atom stereocenters. The van der Waals surface area contributed by atoms with Crippen molar-refractivity contribution in [1.29, 1.82) is 0 Å². The third-order valence-corrected chi connectivity index (χ3v) is 5.06. The number of carboxylic acid groups (broad SMARTS) is 1. The monoisotopic (exact) mass is 274 g/mol. The second-order valence-electron chi connectivity index (χ2n) is 6.11. The number of likely N-dealkylation sites (tertiary alicyclic amines) is 1. The van der Waals surface area contributed by atoms with Crippen molar-refractivity contribution in [3.05, 3.63) is 30.1 Å². The van der Waals surface area contributed by atoms with Crippen LogP contribution in [0.1, 0.15) is 50.6 Å². The minimum Gasteiger partial charge on any atom is -0.480 e. The third-order valence-electron chi connectivity index (χ3n) is 5.06. The molecule has 0 radical (unpaired) electrons. The SMILES string of the molecule is CC(c1ccncc1)N1C(C(=O)O)CC2CCCCC21. The summed E-state index contributed by atoms with van der Waals surface area (Å²) in [6, 6.07) is 4.26. The normalized spacial score (nSPS) is 31.8. The molecule has 2 fully saturated rings. The van der Waals surface area contributed by atoms with Crippen LogP contribution < -0.4 is 0 Å². The average Bonchev–Trinajstić information content (AvgIpc) is 2.87. The van der Waals surface area contributed by atoms with Crippen LogP contribution in [0.25, 0.3) is 0 Å². The maximum absolute atomic E-state index is 11.6. The van der Waals surface area contributed by atoms with Gasteiger partial charge in [-0.15, -0.1) is 0 Å². The number of aliphatic carboxylic acids is 1. The van der Waals surface area contributed by atoms with Crippen molar-refractivity contribution in [1.82, 2.24) is 9.88 Å². The smallest absolute Gasteiger partial charge is 0.320 e. The van der Waals surface area contributed by atoms with E-state index in [1.807, 2.05) is 12.1 Å². The van der Waals surface area contributed by atoms with Crippen LogP contribution in [0.3, 0.4) is 0 Å². The number of nitrogens with zero attached hydrogens (tertiary/aromatic N) is 2. The third kappa shape index (κ3) is 2.33. The van der Waals surface area contributed by atoms with Gasteiger partial charge in [-0.05, 0) is 49.8 Å². The summed E-state index contributed by atoms with van der Waals surface area (Å²) in [6.07, 6.45) is 9.21. The highest BCUT2D eigenvalue weighted by atomic mass is 16.4. The quantitative estimate of drug-likeness (QED) is 0.921. The number of hydrogen-bond acceptors (Lipinski definition) is 3. The predicted octanol–water partition coefficient (Wildman–Crippen LogP) is 2.86. The van der Waals surface area contributed by atoms with Crippen molar-refractivity contribution < 1.29 is 9.90 Å². The van der Waals surface area contributed by atoms with Crippen molar-refractivity contribution in [2.45, 2.75) is 57.2 Å². The number of carbonyl (C=O) groups is 1. The molecule has 0 spiro atoms. The van der Waals surface area contributed by atoms with Crippen LogP contribution in [0, 0.1) is 5.92 Å². The molecule has 20 heavy (non-hydrogen) atoms. The van der Waals surface area contributed by atoms with Crippen molar-refractivity contribution in [3.63, 3.8) is 0 Å². The maximum atomic E-state index is 11.6. The standard InChI is InChI=1S/C16H22N2O2/c1-11(12-6-8-17-9-7-12)18-14-5-3-2-4-13(14)10-15(18)16(19)20/h6-9,11,13-15H,2-5,10H2,1H3,(H,19,20). The van der Waals surface area contributed by atoms with E-state index in [2.05, 4.69) is 16.8 Å². The van der Waals surface area contributed by atoms with Gasteiger partial charge in [0.05, 0.1) is 0 Å². The Morgan fingerprint density at radius 3 is 2.75 bits per heavy atom. The van der Waals surface area contributed by atoms with Crippen molar-refractivity contribution in [3.8, 4) is 0 Å². The van der Waals surface area contributed by atoms with E-state index in [9.17, 15) is 9.90 Å². The molecule has 4 unspecified atom stereocenters. The molecule has 108 valence electrons. The number of aromatic nitrogens is 1. The Labute approximate surface area is 119 Å². The lowest BCUT2D eigenvalue weighted by Crippen LogP contribution is -2.43. The largest absolute Gasteiger partial charge is 0.480 e. The zero-order valence-electron chi connectivity index (χ0n) is 11.9. The van der Waals surface area contributed by atoms with Crippen molar-refractivity contribution in [2.24, 2.45) is 5.92 Å². The van der Waals surface area contributed by atoms with Gasteiger partial charge < -0.3 is 5.11 Å². The zero-order valence-corrected chi connectivity index (χ0v) is 11.9. The predicted molar refractivity (Wildman–Crippen MR) is 76.3 cm³/mol. The first-order valence-electron chi connectivity index (χ1n) is 7.58. The molecule has 2 aliphatic rings. The zero-order chi connectivity index (χ0) is 14.1. The lowest BCUT2D eigenvalue weighted by molar-refractivity contribution is -0.143. The summed E-state index contributed by atoms with van der Waals surface area (Å²) < 4.78 is 0. The molecular formula is C16H22N2O2. The molecule has 1 saturated heterocycles. The van der Waals surface area contributed by atoms with Crippen LogP contribution in [-0.2, 0) is 4.79 Å². The fourth-order valence-electron chi connectivity index (χ4n) is 4.09. The van der Waals surface area contributed by atoms with E-state index in [4.69, 9.17) is 0 Å². The van der Waals surface area contributed by atoms with Gasteiger partial charge in [0, 0.05) is 24.5 Å². The van der Waals surface area contributed by atoms with Gasteiger partial charge >= 0.3 is 5.97 Å². The van der Waals surface area contributed by atoms with Crippen LogP contribution in [0.15, 0.2) is 24.5 Å². The molecule has 1 aromatic rings. The summed E-state index contributed by atoms with van der Waals surface area (Å²) >= 11 is 0. The van der Waals surface area contributed by atoms with E-state index in [0.717, 1.165) is 18.4 Å². The Morgan fingerprint density at radius 1 is 1.35 bits per heavy atom. The van der Waals surface area contributed by atoms with E-state index in [1.54, 1.807) is 12.4 Å².